The van der Waals surface area contributed by atoms with Gasteiger partial charge in [0.1, 0.15) is 11.6 Å². The smallest absolute Gasteiger partial charge is 0.131 e. The van der Waals surface area contributed by atoms with Crippen molar-refractivity contribution >= 4 is 0 Å². The lowest BCUT2D eigenvalue weighted by Crippen LogP contribution is -2.41. The van der Waals surface area contributed by atoms with Gasteiger partial charge in [-0.1, -0.05) is 13.0 Å². The molecule has 1 aliphatic rings. The summed E-state index contributed by atoms with van der Waals surface area (Å²) in [5.74, 6) is 1.16. The summed E-state index contributed by atoms with van der Waals surface area (Å²) in [7, 11) is 1.60. The number of ether oxygens (including phenoxy) is 1. The van der Waals surface area contributed by atoms with Crippen molar-refractivity contribution in [1.82, 2.24) is 4.90 Å². The van der Waals surface area contributed by atoms with E-state index in [0.717, 1.165) is 6.54 Å². The van der Waals surface area contributed by atoms with Crippen LogP contribution in [0.15, 0.2) is 18.2 Å². The van der Waals surface area contributed by atoms with Crippen LogP contribution in [0, 0.1) is 11.7 Å². The van der Waals surface area contributed by atoms with Gasteiger partial charge >= 0.3 is 0 Å². The van der Waals surface area contributed by atoms with E-state index in [4.69, 9.17) is 4.74 Å². The first-order valence-corrected chi connectivity index (χ1v) is 6.69. The van der Waals surface area contributed by atoms with E-state index in [1.165, 1.54) is 18.9 Å². The van der Waals surface area contributed by atoms with Crippen LogP contribution < -0.4 is 4.74 Å². The number of benzene rings is 1. The van der Waals surface area contributed by atoms with E-state index < -0.39 is 0 Å². The number of likely N-dealkylation sites (tertiary alicyclic amines) is 1. The van der Waals surface area contributed by atoms with Crippen molar-refractivity contribution in [3.8, 4) is 5.75 Å². The molecule has 2 nitrogen and oxygen atoms in total. The van der Waals surface area contributed by atoms with Crippen molar-refractivity contribution < 1.29 is 9.13 Å². The van der Waals surface area contributed by atoms with Crippen LogP contribution in [-0.4, -0.2) is 24.6 Å². The number of methoxy groups -OCH3 is 1. The molecule has 1 fully saturated rings. The molecule has 1 heterocycles. The maximum Gasteiger partial charge on any atom is 0.131 e. The molecule has 0 N–H and O–H groups in total. The number of halogens is 1. The van der Waals surface area contributed by atoms with E-state index >= 15 is 0 Å². The number of piperidine rings is 1. The Labute approximate surface area is 109 Å². The zero-order chi connectivity index (χ0) is 13.1. The van der Waals surface area contributed by atoms with E-state index in [2.05, 4.69) is 18.7 Å². The highest BCUT2D eigenvalue weighted by Crippen LogP contribution is 2.28. The van der Waals surface area contributed by atoms with E-state index in [0.29, 0.717) is 29.8 Å². The van der Waals surface area contributed by atoms with Crippen LogP contribution in [0.2, 0.25) is 0 Å². The number of hydrogen-bond donors (Lipinski definition) is 0. The van der Waals surface area contributed by atoms with E-state index in [1.807, 2.05) is 6.07 Å². The van der Waals surface area contributed by atoms with E-state index in [-0.39, 0.29) is 5.82 Å². The fourth-order valence-electron chi connectivity index (χ4n) is 2.73. The van der Waals surface area contributed by atoms with E-state index in [1.54, 1.807) is 13.2 Å². The average molecular weight is 251 g/mol. The van der Waals surface area contributed by atoms with Crippen LogP contribution in [0.1, 0.15) is 32.3 Å². The molecule has 2 atom stereocenters. The first kappa shape index (κ1) is 13.3. The predicted molar refractivity (Wildman–Crippen MR) is 71.2 cm³/mol. The van der Waals surface area contributed by atoms with Crippen molar-refractivity contribution in [3.05, 3.63) is 29.6 Å². The SMILES string of the molecule is COc1cccc(F)c1CN1CCCC(C)C1C. The third-order valence-electron chi connectivity index (χ3n) is 4.16. The van der Waals surface area contributed by atoms with Gasteiger partial charge in [-0.05, 0) is 44.4 Å². The summed E-state index contributed by atoms with van der Waals surface area (Å²) in [4.78, 5) is 2.36. The fourth-order valence-corrected chi connectivity index (χ4v) is 2.73. The second-order valence-electron chi connectivity index (χ2n) is 5.25. The van der Waals surface area contributed by atoms with Crippen LogP contribution in [0.3, 0.4) is 0 Å². The molecule has 0 saturated carbocycles. The molecule has 0 bridgehead atoms. The largest absolute Gasteiger partial charge is 0.496 e. The zero-order valence-corrected chi connectivity index (χ0v) is 11.4. The zero-order valence-electron chi connectivity index (χ0n) is 11.4. The third-order valence-corrected chi connectivity index (χ3v) is 4.16. The summed E-state index contributed by atoms with van der Waals surface area (Å²) in [6.45, 7) is 6.19. The van der Waals surface area contributed by atoms with Crippen LogP contribution in [0.4, 0.5) is 4.39 Å². The fraction of sp³-hybridized carbons (Fsp3) is 0.600. The highest BCUT2D eigenvalue weighted by atomic mass is 19.1. The van der Waals surface area contributed by atoms with Gasteiger partial charge in [0, 0.05) is 18.2 Å². The van der Waals surface area contributed by atoms with Gasteiger partial charge in [0.15, 0.2) is 0 Å². The molecule has 3 heteroatoms. The lowest BCUT2D eigenvalue weighted by molar-refractivity contribution is 0.104. The first-order valence-electron chi connectivity index (χ1n) is 6.69. The van der Waals surface area contributed by atoms with Crippen molar-refractivity contribution in [2.45, 2.75) is 39.3 Å². The van der Waals surface area contributed by atoms with Crippen LogP contribution in [-0.2, 0) is 6.54 Å². The van der Waals surface area contributed by atoms with Crippen molar-refractivity contribution in [3.63, 3.8) is 0 Å². The van der Waals surface area contributed by atoms with Gasteiger partial charge in [0.05, 0.1) is 7.11 Å². The van der Waals surface area contributed by atoms with Crippen molar-refractivity contribution in [2.75, 3.05) is 13.7 Å². The van der Waals surface area contributed by atoms with Gasteiger partial charge in [0.2, 0.25) is 0 Å². The number of rotatable bonds is 3. The monoisotopic (exact) mass is 251 g/mol. The van der Waals surface area contributed by atoms with E-state index in [9.17, 15) is 4.39 Å². The van der Waals surface area contributed by atoms with Crippen molar-refractivity contribution in [1.29, 1.82) is 0 Å². The summed E-state index contributed by atoms with van der Waals surface area (Å²) in [6, 6.07) is 5.54. The molecule has 1 aromatic carbocycles. The molecule has 0 aliphatic carbocycles. The molecule has 0 radical (unpaired) electrons. The molecule has 1 saturated heterocycles. The highest BCUT2D eigenvalue weighted by molar-refractivity contribution is 5.34. The standard InChI is InChI=1S/C15H22FNO/c1-11-6-5-9-17(12(11)2)10-13-14(16)7-4-8-15(13)18-3/h4,7-8,11-12H,5-6,9-10H2,1-3H3. The van der Waals surface area contributed by atoms with Gasteiger partial charge in [-0.3, -0.25) is 4.90 Å². The normalized spacial score (nSPS) is 25.1. The number of nitrogens with zero attached hydrogens (tertiary/aromatic N) is 1. The Bertz CT molecular complexity index is 407. The molecule has 0 amide bonds. The van der Waals surface area contributed by atoms with Crippen LogP contribution in [0.5, 0.6) is 5.75 Å². The molecule has 2 rings (SSSR count). The Balaban J connectivity index is 2.18. The minimum absolute atomic E-state index is 0.167. The van der Waals surface area contributed by atoms with Crippen LogP contribution >= 0.6 is 0 Å². The maximum atomic E-state index is 13.9. The summed E-state index contributed by atoms with van der Waals surface area (Å²) in [5.41, 5.74) is 0.681. The summed E-state index contributed by atoms with van der Waals surface area (Å²) >= 11 is 0. The van der Waals surface area contributed by atoms with Crippen molar-refractivity contribution in [2.24, 2.45) is 5.92 Å². The summed E-state index contributed by atoms with van der Waals surface area (Å²) in [5, 5.41) is 0. The number of hydrogen-bond acceptors (Lipinski definition) is 2. The molecule has 0 spiro atoms. The topological polar surface area (TPSA) is 12.5 Å². The molecule has 2 unspecified atom stereocenters. The third kappa shape index (κ3) is 2.66. The predicted octanol–water partition coefficient (Wildman–Crippen LogP) is 3.45. The second kappa shape index (κ2) is 5.70. The lowest BCUT2D eigenvalue weighted by Gasteiger charge is -2.38. The molecule has 1 aliphatic heterocycles. The summed E-state index contributed by atoms with van der Waals surface area (Å²) < 4.78 is 19.2. The molecule has 0 aromatic heterocycles. The Morgan fingerprint density at radius 2 is 2.17 bits per heavy atom. The van der Waals surface area contributed by atoms with Gasteiger partial charge in [-0.2, -0.15) is 0 Å². The molecular weight excluding hydrogens is 229 g/mol. The van der Waals surface area contributed by atoms with Gasteiger partial charge < -0.3 is 4.74 Å². The van der Waals surface area contributed by atoms with Gasteiger partial charge in [-0.15, -0.1) is 0 Å². The lowest BCUT2D eigenvalue weighted by atomic mass is 9.91. The molecule has 100 valence electrons. The Kier molecular flexibility index (Phi) is 4.23. The van der Waals surface area contributed by atoms with Gasteiger partial charge in [-0.25, -0.2) is 4.39 Å². The molecular formula is C15H22FNO. The Hall–Kier alpha value is -1.09. The highest BCUT2D eigenvalue weighted by Gasteiger charge is 2.26. The Morgan fingerprint density at radius 1 is 1.39 bits per heavy atom. The first-order chi connectivity index (χ1) is 8.63. The second-order valence-corrected chi connectivity index (χ2v) is 5.25. The van der Waals surface area contributed by atoms with Crippen LogP contribution in [0.25, 0.3) is 0 Å². The molecule has 1 aromatic rings. The van der Waals surface area contributed by atoms with Gasteiger partial charge in [0.25, 0.3) is 0 Å². The molecule has 18 heavy (non-hydrogen) atoms. The average Bonchev–Trinajstić information content (AvgIpc) is 2.37. The summed E-state index contributed by atoms with van der Waals surface area (Å²) in [6.07, 6.45) is 2.47. The minimum Gasteiger partial charge on any atom is -0.496 e. The minimum atomic E-state index is -0.167. The Morgan fingerprint density at radius 3 is 2.89 bits per heavy atom. The maximum absolute atomic E-state index is 13.9. The quantitative estimate of drug-likeness (QED) is 0.815.